The van der Waals surface area contributed by atoms with E-state index in [1.54, 1.807) is 6.92 Å². The van der Waals surface area contributed by atoms with Gasteiger partial charge in [-0.05, 0) is 86.5 Å². The summed E-state index contributed by atoms with van der Waals surface area (Å²) in [5.41, 5.74) is -1.84. The van der Waals surface area contributed by atoms with E-state index in [1.807, 2.05) is 6.92 Å². The smallest absolute Gasteiger partial charge is 0.312 e. The number of ketones is 2. The molecule has 0 aromatic carbocycles. The van der Waals surface area contributed by atoms with Gasteiger partial charge in [-0.15, -0.1) is 0 Å². The van der Waals surface area contributed by atoms with Gasteiger partial charge >= 0.3 is 5.97 Å². The van der Waals surface area contributed by atoms with Crippen molar-refractivity contribution in [3.63, 3.8) is 0 Å². The molecule has 9 nitrogen and oxygen atoms in total. The summed E-state index contributed by atoms with van der Waals surface area (Å²) < 4.78 is 0. The van der Waals surface area contributed by atoms with Crippen LogP contribution in [0.25, 0.3) is 0 Å². The maximum atomic E-state index is 14.3. The maximum absolute atomic E-state index is 14.3. The summed E-state index contributed by atoms with van der Waals surface area (Å²) in [6.07, 6.45) is 1.98. The third-order valence-electron chi connectivity index (χ3n) is 13.0. The Morgan fingerprint density at radius 2 is 1.46 bits per heavy atom. The summed E-state index contributed by atoms with van der Waals surface area (Å²) in [6, 6.07) is 0. The summed E-state index contributed by atoms with van der Waals surface area (Å²) in [5, 5.41) is 33.0. The summed E-state index contributed by atoms with van der Waals surface area (Å²) in [6.45, 7) is 14.3. The van der Waals surface area contributed by atoms with Crippen molar-refractivity contribution in [3.8, 4) is 0 Å². The van der Waals surface area contributed by atoms with Crippen molar-refractivity contribution in [2.24, 2.45) is 50.7 Å². The van der Waals surface area contributed by atoms with Gasteiger partial charge < -0.3 is 31.7 Å². The lowest BCUT2D eigenvalue weighted by Crippen LogP contribution is -2.70. The largest absolute Gasteiger partial charge is 0.481 e. The third-order valence-corrected chi connectivity index (χ3v) is 13.0. The molecule has 0 radical (unpaired) electrons. The van der Waals surface area contributed by atoms with Gasteiger partial charge in [-0.2, -0.15) is 0 Å². The van der Waals surface area contributed by atoms with Crippen LogP contribution in [-0.4, -0.2) is 61.5 Å². The van der Waals surface area contributed by atoms with E-state index in [9.17, 15) is 29.7 Å². The van der Waals surface area contributed by atoms with Crippen LogP contribution in [-0.2, 0) is 14.4 Å². The number of aliphatic hydroxyl groups is 2. The first kappa shape index (κ1) is 33.6. The van der Waals surface area contributed by atoms with E-state index in [1.165, 1.54) is 0 Å². The molecule has 9 N–H and O–H groups in total. The lowest BCUT2D eigenvalue weighted by Gasteiger charge is -2.70. The number of carbonyl (C=O) groups excluding carboxylic acids is 2. The SMILES string of the molecule is C[C@@H]1CC(=O)[C@]2(C)CC[C@]3(C)C(=C2[C@H]1C)C(=O)[C@@H](O)[C@@H]1[C@@]2(C)CC[C@H](O)[C@@](C)(C(=O)O)[C@@H]2CC[C@]13C.O.O.O. The molecule has 5 aliphatic carbocycles. The van der Waals surface area contributed by atoms with Crippen LogP contribution in [0.2, 0.25) is 0 Å². The number of hydrogen-bond donors (Lipinski definition) is 3. The molecular formula is C30H50O9. The highest BCUT2D eigenvalue weighted by Crippen LogP contribution is 2.74. The van der Waals surface area contributed by atoms with E-state index in [2.05, 4.69) is 34.6 Å². The van der Waals surface area contributed by atoms with Crippen LogP contribution in [0, 0.1) is 50.7 Å². The van der Waals surface area contributed by atoms with Crippen molar-refractivity contribution in [2.45, 2.75) is 106 Å². The van der Waals surface area contributed by atoms with Gasteiger partial charge in [-0.25, -0.2) is 0 Å². The van der Waals surface area contributed by atoms with Crippen LogP contribution in [0.3, 0.4) is 0 Å². The van der Waals surface area contributed by atoms with Crippen molar-refractivity contribution < 1.29 is 46.1 Å². The zero-order chi connectivity index (χ0) is 26.8. The highest BCUT2D eigenvalue weighted by atomic mass is 16.4. The van der Waals surface area contributed by atoms with E-state index in [4.69, 9.17) is 0 Å². The zero-order valence-electron chi connectivity index (χ0n) is 24.5. The minimum atomic E-state index is -1.32. The molecule has 0 aromatic rings. The fourth-order valence-corrected chi connectivity index (χ4v) is 10.4. The van der Waals surface area contributed by atoms with Gasteiger partial charge in [0, 0.05) is 28.7 Å². The van der Waals surface area contributed by atoms with Crippen LogP contribution in [0.1, 0.15) is 93.4 Å². The van der Waals surface area contributed by atoms with E-state index >= 15 is 0 Å². The van der Waals surface area contributed by atoms with Crippen LogP contribution < -0.4 is 0 Å². The second-order valence-corrected chi connectivity index (χ2v) is 14.3. The zero-order valence-corrected chi connectivity index (χ0v) is 24.5. The van der Waals surface area contributed by atoms with Gasteiger partial charge in [-0.1, -0.05) is 34.6 Å². The molecule has 0 heterocycles. The highest BCUT2D eigenvalue weighted by Gasteiger charge is 2.73. The minimum Gasteiger partial charge on any atom is -0.481 e. The molecule has 0 aromatic heterocycles. The number of fused-ring (bicyclic) bond motifs is 6. The topological polar surface area (TPSA) is 206 Å². The molecule has 0 aliphatic heterocycles. The summed E-state index contributed by atoms with van der Waals surface area (Å²) >= 11 is 0. The summed E-state index contributed by atoms with van der Waals surface area (Å²) in [4.78, 5) is 40.2. The molecular weight excluding hydrogens is 504 g/mol. The Morgan fingerprint density at radius 1 is 0.872 bits per heavy atom. The van der Waals surface area contributed by atoms with Gasteiger partial charge in [0.2, 0.25) is 0 Å². The van der Waals surface area contributed by atoms with Gasteiger partial charge in [0.1, 0.15) is 11.9 Å². The first-order chi connectivity index (χ1) is 16.5. The minimum absolute atomic E-state index is 0. The third kappa shape index (κ3) is 3.65. The average Bonchev–Trinajstić information content (AvgIpc) is 2.79. The molecule has 11 atom stereocenters. The molecule has 0 amide bonds. The number of rotatable bonds is 1. The number of aliphatic hydroxyl groups excluding tert-OH is 2. The number of allylic oxidation sites excluding steroid dienone is 1. The molecule has 0 unspecified atom stereocenters. The number of carboxylic acid groups (broad SMARTS) is 1. The van der Waals surface area contributed by atoms with Crippen molar-refractivity contribution in [2.75, 3.05) is 0 Å². The Labute approximate surface area is 231 Å². The lowest BCUT2D eigenvalue weighted by molar-refractivity contribution is -0.234. The molecule has 9 heteroatoms. The van der Waals surface area contributed by atoms with Crippen LogP contribution >= 0.6 is 0 Å². The highest BCUT2D eigenvalue weighted by molar-refractivity contribution is 6.04. The van der Waals surface area contributed by atoms with E-state index in [0.717, 1.165) is 5.57 Å². The molecule has 39 heavy (non-hydrogen) atoms. The fraction of sp³-hybridized carbons (Fsp3) is 0.833. The maximum Gasteiger partial charge on any atom is 0.312 e. The number of carboxylic acids is 1. The Hall–Kier alpha value is -1.65. The summed E-state index contributed by atoms with van der Waals surface area (Å²) in [7, 11) is 0. The Morgan fingerprint density at radius 3 is 2.03 bits per heavy atom. The van der Waals surface area contributed by atoms with Crippen LogP contribution in [0.5, 0.6) is 0 Å². The Kier molecular flexibility index (Phi) is 8.37. The van der Waals surface area contributed by atoms with E-state index < -0.39 is 51.2 Å². The molecule has 4 fully saturated rings. The number of hydrogen-bond acceptors (Lipinski definition) is 5. The molecule has 0 spiro atoms. The first-order valence-electron chi connectivity index (χ1n) is 13.9. The van der Waals surface area contributed by atoms with Gasteiger partial charge in [0.25, 0.3) is 0 Å². The second kappa shape index (κ2) is 9.72. The normalized spacial score (nSPS) is 50.6. The van der Waals surface area contributed by atoms with Crippen molar-refractivity contribution >= 4 is 17.5 Å². The average molecular weight is 555 g/mol. The molecule has 4 saturated carbocycles. The first-order valence-corrected chi connectivity index (χ1v) is 13.9. The molecule has 5 aliphatic rings. The Bertz CT molecular complexity index is 1080. The monoisotopic (exact) mass is 554 g/mol. The quantitative estimate of drug-likeness (QED) is 0.442. The second-order valence-electron chi connectivity index (χ2n) is 14.3. The van der Waals surface area contributed by atoms with Gasteiger partial charge in [-0.3, -0.25) is 14.4 Å². The molecule has 0 saturated heterocycles. The van der Waals surface area contributed by atoms with Crippen molar-refractivity contribution in [1.82, 2.24) is 0 Å². The number of carbonyl (C=O) groups is 3. The number of Topliss-reactive ketones (excluding diaryl/α,β-unsaturated/α-hetero) is 2. The molecule has 0 bridgehead atoms. The molecule has 224 valence electrons. The van der Waals surface area contributed by atoms with Crippen molar-refractivity contribution in [3.05, 3.63) is 11.1 Å². The van der Waals surface area contributed by atoms with Crippen molar-refractivity contribution in [1.29, 1.82) is 0 Å². The summed E-state index contributed by atoms with van der Waals surface area (Å²) in [5.74, 6) is -1.55. The molecule has 5 rings (SSSR count). The predicted octanol–water partition coefficient (Wildman–Crippen LogP) is 2.09. The van der Waals surface area contributed by atoms with E-state index in [0.29, 0.717) is 50.5 Å². The van der Waals surface area contributed by atoms with Crippen LogP contribution in [0.15, 0.2) is 11.1 Å². The van der Waals surface area contributed by atoms with E-state index in [-0.39, 0.29) is 45.7 Å². The number of aliphatic carboxylic acids is 1. The van der Waals surface area contributed by atoms with Crippen LogP contribution in [0.4, 0.5) is 0 Å². The van der Waals surface area contributed by atoms with Gasteiger partial charge in [0.15, 0.2) is 5.78 Å². The lowest BCUT2D eigenvalue weighted by atomic mass is 9.33. The van der Waals surface area contributed by atoms with Gasteiger partial charge in [0.05, 0.1) is 11.5 Å². The fourth-order valence-electron chi connectivity index (χ4n) is 10.4. The standard InChI is InChI=1S/C30H44O6.3H2O/c1-15-14-19(32)27(4)12-13-28(5)21(20(27)16(15)2)22(33)23(34)24-26(3)10-9-18(31)30(7,25(35)36)17(26)8-11-29(24,28)6;;;/h15-18,23-24,31,34H,8-14H2,1-7H3,(H,35,36);3*1H2/t15-,16+,17-,18+,23-,24-,26+,27+,28-,29-,30+;;;/m1.../s1. The Balaban J connectivity index is 0.00000178. The predicted molar refractivity (Wildman–Crippen MR) is 146 cm³/mol.